The van der Waals surface area contributed by atoms with Crippen LogP contribution in [0.1, 0.15) is 60.3 Å². The van der Waals surface area contributed by atoms with E-state index in [0.717, 1.165) is 6.42 Å². The Morgan fingerprint density at radius 2 is 1.50 bits per heavy atom. The average Bonchev–Trinajstić information content (AvgIpc) is 2.68. The number of hydrogen-bond acceptors (Lipinski definition) is 6. The standard InChI is InChI=1S/C20H39N5O5/c1-6-12(4)15(22)18(27)25-16(11(2)3)19(28)23-13(5)17(26)24-14(20(29)30)9-7-8-10-21/h11-16H,6-10,21-22H2,1-5H3,(H,23,28)(H,24,26)(H,25,27)(H,29,30)/t12-,13-,14-,15-,16-/m0/s1. The van der Waals surface area contributed by atoms with E-state index < -0.39 is 47.9 Å². The van der Waals surface area contributed by atoms with Crippen LogP contribution in [0.2, 0.25) is 0 Å². The van der Waals surface area contributed by atoms with Gasteiger partial charge in [-0.05, 0) is 44.6 Å². The zero-order valence-electron chi connectivity index (χ0n) is 18.7. The number of nitrogens with one attached hydrogen (secondary N) is 3. The highest BCUT2D eigenvalue weighted by Gasteiger charge is 2.30. The number of hydrogen-bond donors (Lipinski definition) is 6. The van der Waals surface area contributed by atoms with Gasteiger partial charge < -0.3 is 32.5 Å². The number of carbonyl (C=O) groups excluding carboxylic acids is 3. The minimum absolute atomic E-state index is 0.0437. The van der Waals surface area contributed by atoms with E-state index in [9.17, 15) is 24.3 Å². The van der Waals surface area contributed by atoms with Crippen molar-refractivity contribution < 1.29 is 24.3 Å². The summed E-state index contributed by atoms with van der Waals surface area (Å²) in [7, 11) is 0. The van der Waals surface area contributed by atoms with Gasteiger partial charge in [0.15, 0.2) is 0 Å². The molecular formula is C20H39N5O5. The first-order valence-electron chi connectivity index (χ1n) is 10.6. The van der Waals surface area contributed by atoms with Gasteiger partial charge in [-0.1, -0.05) is 34.1 Å². The van der Waals surface area contributed by atoms with E-state index in [1.165, 1.54) is 6.92 Å². The fourth-order valence-corrected chi connectivity index (χ4v) is 2.71. The molecule has 0 aliphatic rings. The topological polar surface area (TPSA) is 177 Å². The van der Waals surface area contributed by atoms with Crippen LogP contribution < -0.4 is 27.4 Å². The molecular weight excluding hydrogens is 390 g/mol. The predicted octanol–water partition coefficient (Wildman–Crippen LogP) is -0.296. The zero-order valence-corrected chi connectivity index (χ0v) is 18.7. The fourth-order valence-electron chi connectivity index (χ4n) is 2.71. The van der Waals surface area contributed by atoms with E-state index >= 15 is 0 Å². The monoisotopic (exact) mass is 429 g/mol. The van der Waals surface area contributed by atoms with Gasteiger partial charge in [0.05, 0.1) is 6.04 Å². The maximum atomic E-state index is 12.7. The van der Waals surface area contributed by atoms with Gasteiger partial charge in [-0.25, -0.2) is 4.79 Å². The molecule has 8 N–H and O–H groups in total. The molecule has 0 aliphatic carbocycles. The number of nitrogens with two attached hydrogens (primary N) is 2. The van der Waals surface area contributed by atoms with E-state index in [1.807, 2.05) is 13.8 Å². The average molecular weight is 430 g/mol. The first-order chi connectivity index (χ1) is 14.0. The Kier molecular flexibility index (Phi) is 12.9. The molecule has 5 atom stereocenters. The molecule has 30 heavy (non-hydrogen) atoms. The summed E-state index contributed by atoms with van der Waals surface area (Å²) < 4.78 is 0. The van der Waals surface area contributed by atoms with E-state index in [2.05, 4.69) is 16.0 Å². The lowest BCUT2D eigenvalue weighted by molar-refractivity contribution is -0.142. The van der Waals surface area contributed by atoms with Crippen molar-refractivity contribution in [3.63, 3.8) is 0 Å². The van der Waals surface area contributed by atoms with Gasteiger partial charge in [0, 0.05) is 0 Å². The van der Waals surface area contributed by atoms with Gasteiger partial charge in [0.2, 0.25) is 17.7 Å². The Bertz CT molecular complexity index is 584. The molecule has 0 rings (SSSR count). The van der Waals surface area contributed by atoms with Crippen LogP contribution in [0.15, 0.2) is 0 Å². The minimum Gasteiger partial charge on any atom is -0.480 e. The predicted molar refractivity (Wildman–Crippen MR) is 114 cm³/mol. The SMILES string of the molecule is CC[C@H](C)[C@H](N)C(=O)N[C@H](C(=O)N[C@@H](C)C(=O)N[C@@H](CCCCN)C(=O)O)C(C)C. The normalized spacial score (nSPS) is 16.1. The summed E-state index contributed by atoms with van der Waals surface area (Å²) in [6.45, 7) is 9.20. The first-order valence-corrected chi connectivity index (χ1v) is 10.6. The number of carboxylic acids is 1. The molecule has 10 nitrogen and oxygen atoms in total. The number of amides is 3. The molecule has 0 aromatic rings. The van der Waals surface area contributed by atoms with E-state index in [0.29, 0.717) is 19.4 Å². The van der Waals surface area contributed by atoms with Crippen molar-refractivity contribution in [3.05, 3.63) is 0 Å². The van der Waals surface area contributed by atoms with Crippen molar-refractivity contribution in [3.8, 4) is 0 Å². The van der Waals surface area contributed by atoms with Crippen molar-refractivity contribution in [2.24, 2.45) is 23.3 Å². The number of carboxylic acid groups (broad SMARTS) is 1. The second-order valence-electron chi connectivity index (χ2n) is 8.06. The molecule has 3 amide bonds. The summed E-state index contributed by atoms with van der Waals surface area (Å²) in [4.78, 5) is 48.7. The number of carbonyl (C=O) groups is 4. The summed E-state index contributed by atoms with van der Waals surface area (Å²) in [5.41, 5.74) is 11.3. The van der Waals surface area contributed by atoms with Gasteiger partial charge in [-0.2, -0.15) is 0 Å². The van der Waals surface area contributed by atoms with Crippen LogP contribution in [-0.2, 0) is 19.2 Å². The largest absolute Gasteiger partial charge is 0.480 e. The van der Waals surface area contributed by atoms with Crippen LogP contribution in [0.5, 0.6) is 0 Å². The minimum atomic E-state index is -1.15. The van der Waals surface area contributed by atoms with Crippen molar-refractivity contribution >= 4 is 23.7 Å². The van der Waals surface area contributed by atoms with Crippen molar-refractivity contribution in [2.45, 2.75) is 84.5 Å². The summed E-state index contributed by atoms with van der Waals surface area (Å²) in [5.74, 6) is -3.01. The molecule has 174 valence electrons. The summed E-state index contributed by atoms with van der Waals surface area (Å²) in [5, 5.41) is 16.9. The molecule has 0 aromatic heterocycles. The second-order valence-corrected chi connectivity index (χ2v) is 8.06. The second kappa shape index (κ2) is 13.9. The van der Waals surface area contributed by atoms with Gasteiger partial charge in [0.1, 0.15) is 18.1 Å². The van der Waals surface area contributed by atoms with Crippen molar-refractivity contribution in [1.29, 1.82) is 0 Å². The molecule has 0 aliphatic heterocycles. The van der Waals surface area contributed by atoms with Crippen LogP contribution in [-0.4, -0.2) is 59.5 Å². The van der Waals surface area contributed by atoms with Crippen molar-refractivity contribution in [1.82, 2.24) is 16.0 Å². The lowest BCUT2D eigenvalue weighted by Gasteiger charge is -2.26. The summed E-state index contributed by atoms with van der Waals surface area (Å²) >= 11 is 0. The van der Waals surface area contributed by atoms with E-state index in [4.69, 9.17) is 11.5 Å². The quantitative estimate of drug-likeness (QED) is 0.205. The third-order valence-corrected chi connectivity index (χ3v) is 5.12. The number of unbranched alkanes of at least 4 members (excludes halogenated alkanes) is 1. The molecule has 0 heterocycles. The Hall–Kier alpha value is -2.20. The van der Waals surface area contributed by atoms with E-state index in [1.54, 1.807) is 13.8 Å². The number of aliphatic carboxylic acids is 1. The molecule has 0 saturated heterocycles. The molecule has 0 bridgehead atoms. The van der Waals surface area contributed by atoms with Gasteiger partial charge in [-0.15, -0.1) is 0 Å². The number of rotatable bonds is 14. The summed E-state index contributed by atoms with van der Waals surface area (Å²) in [6, 6.07) is -3.65. The first kappa shape index (κ1) is 27.8. The molecule has 0 fully saturated rings. The van der Waals surface area contributed by atoms with Crippen LogP contribution >= 0.6 is 0 Å². The van der Waals surface area contributed by atoms with Crippen LogP contribution in [0.25, 0.3) is 0 Å². The van der Waals surface area contributed by atoms with E-state index in [-0.39, 0.29) is 18.3 Å². The lowest BCUT2D eigenvalue weighted by atomic mass is 9.97. The Balaban J connectivity index is 4.96. The third-order valence-electron chi connectivity index (χ3n) is 5.12. The van der Waals surface area contributed by atoms with Gasteiger partial charge in [-0.3, -0.25) is 14.4 Å². The molecule has 0 radical (unpaired) electrons. The Labute approximate surface area is 178 Å². The molecule has 0 aromatic carbocycles. The molecule has 0 spiro atoms. The lowest BCUT2D eigenvalue weighted by Crippen LogP contribution is -2.58. The third kappa shape index (κ3) is 9.53. The molecule has 10 heteroatoms. The van der Waals surface area contributed by atoms with Crippen LogP contribution in [0, 0.1) is 11.8 Å². The van der Waals surface area contributed by atoms with Crippen LogP contribution in [0.4, 0.5) is 0 Å². The summed E-state index contributed by atoms with van der Waals surface area (Å²) in [6.07, 6.45) is 2.18. The maximum Gasteiger partial charge on any atom is 0.326 e. The smallest absolute Gasteiger partial charge is 0.326 e. The molecule has 0 unspecified atom stereocenters. The Morgan fingerprint density at radius 1 is 0.900 bits per heavy atom. The Morgan fingerprint density at radius 3 is 1.97 bits per heavy atom. The van der Waals surface area contributed by atoms with Crippen LogP contribution in [0.3, 0.4) is 0 Å². The molecule has 0 saturated carbocycles. The zero-order chi connectivity index (χ0) is 23.4. The van der Waals surface area contributed by atoms with Gasteiger partial charge in [0.25, 0.3) is 0 Å². The van der Waals surface area contributed by atoms with Gasteiger partial charge >= 0.3 is 5.97 Å². The highest BCUT2D eigenvalue weighted by atomic mass is 16.4. The highest BCUT2D eigenvalue weighted by molar-refractivity contribution is 5.94. The maximum absolute atomic E-state index is 12.7. The van der Waals surface area contributed by atoms with Crippen molar-refractivity contribution in [2.75, 3.05) is 6.54 Å². The highest BCUT2D eigenvalue weighted by Crippen LogP contribution is 2.08. The fraction of sp³-hybridized carbons (Fsp3) is 0.800.